The molecule has 546 valence electrons. The van der Waals surface area contributed by atoms with Crippen molar-refractivity contribution in [3.63, 3.8) is 0 Å². The first-order valence-corrected chi connectivity index (χ1v) is 41.7. The number of aromatic nitrogens is 3. The lowest BCUT2D eigenvalue weighted by molar-refractivity contribution is -0.146. The third-order valence-corrected chi connectivity index (χ3v) is 33.1. The number of hydrogen-bond acceptors (Lipinski definition) is 11. The van der Waals surface area contributed by atoms with Gasteiger partial charge in [0.05, 0.1) is 33.6 Å². The van der Waals surface area contributed by atoms with E-state index in [-0.39, 0.29) is 49.9 Å². The number of carbonyl (C=O) groups is 1. The van der Waals surface area contributed by atoms with E-state index in [9.17, 15) is 4.79 Å². The molecular weight excluding hydrogens is 1290 g/mol. The molecule has 0 N–H and O–H groups in total. The Morgan fingerprint density at radius 1 is 0.390 bits per heavy atom. The molecule has 8 aliphatic heterocycles. The molecule has 3 aromatic heterocycles. The first kappa shape index (κ1) is 66.9. The molecule has 11 nitrogen and oxygen atoms in total. The monoisotopic (exact) mass is 1400 g/mol. The molecule has 11 fully saturated rings. The second kappa shape index (κ2) is 24.4. The van der Waals surface area contributed by atoms with Crippen molar-refractivity contribution in [2.75, 3.05) is 66.5 Å². The molecule has 17 aliphatic rings. The second-order valence-electron chi connectivity index (χ2n) is 37.8. The number of pyridine rings is 3. The quantitative estimate of drug-likeness (QED) is 0.165. The van der Waals surface area contributed by atoms with Gasteiger partial charge in [-0.3, -0.25) is 29.5 Å². The van der Waals surface area contributed by atoms with Gasteiger partial charge >= 0.3 is 0 Å². The number of Topliss-reactive ketones (excluding diaryl/α,β-unsaturated/α-hetero) is 1. The van der Waals surface area contributed by atoms with Crippen molar-refractivity contribution < 1.29 is 19.0 Å². The molecule has 3 unspecified atom stereocenters. The van der Waals surface area contributed by atoms with Gasteiger partial charge < -0.3 is 24.0 Å². The summed E-state index contributed by atoms with van der Waals surface area (Å²) in [6.07, 6.45) is 54.8. The molecule has 17 atom stereocenters. The average molecular weight is 1400 g/mol. The van der Waals surface area contributed by atoms with E-state index in [0.717, 1.165) is 25.7 Å². The number of ether oxygens (including phenoxy) is 3. The van der Waals surface area contributed by atoms with Gasteiger partial charge in [-0.15, -0.1) is 0 Å². The molecule has 9 aliphatic carbocycles. The molecule has 105 heavy (non-hydrogen) atoms. The summed E-state index contributed by atoms with van der Waals surface area (Å²) in [5.74, 6) is 3.82. The smallest absolute Gasteiger partial charge is 0.136 e. The highest BCUT2D eigenvalue weighted by Crippen LogP contribution is 2.73. The highest BCUT2D eigenvalue weighted by atomic mass is 16.5. The molecule has 0 amide bonds. The van der Waals surface area contributed by atoms with Crippen LogP contribution in [0.3, 0.4) is 0 Å². The molecule has 6 aromatic rings. The van der Waals surface area contributed by atoms with E-state index in [1.165, 1.54) is 228 Å². The standard InChI is InChI=1S/2C33H41N3O.C28H29NO2/c2*1-31-11-9-27-20-26-5-6-28(36-17-15-35(2)16-18-36)21-32(26)12-13-33(27,37-32)30(31)8-7-29(31)24-4-3-23-10-14-34-22-25(23)19-24;1-26-10-8-22-15-21-4-5-23(30)16-27(21)11-12-28(22,31-27)25(26)7-6-24(26)19-3-2-18-9-13-29-17-20(18)14-19/h2*3-4,9-10,14,19-20,22,28-30H,5-8,11-13,15-18,21H2,1-2H3;2-3,8-9,13-15,17,24-25H,4-7,10-12,16H2,1H3/t28-,29+,30+,31+,32+,33?;28-,29-,30-,31-,32-,33?;24-,25-,26-,27-,28?/m011/s1. The van der Waals surface area contributed by atoms with Gasteiger partial charge in [0.2, 0.25) is 0 Å². The maximum atomic E-state index is 12.4. The fourth-order valence-electron chi connectivity index (χ4n) is 27.6. The summed E-state index contributed by atoms with van der Waals surface area (Å²) in [6.45, 7) is 17.4. The van der Waals surface area contributed by atoms with Crippen molar-refractivity contribution in [3.05, 3.63) is 197 Å². The van der Waals surface area contributed by atoms with E-state index in [1.54, 1.807) is 22.3 Å². The lowest BCUT2D eigenvalue weighted by Gasteiger charge is -2.55. The van der Waals surface area contributed by atoms with Crippen LogP contribution in [-0.4, -0.2) is 152 Å². The van der Waals surface area contributed by atoms with Crippen LogP contribution in [0.5, 0.6) is 0 Å². The summed E-state index contributed by atoms with van der Waals surface area (Å²) in [4.78, 5) is 36.0. The zero-order valence-corrected chi connectivity index (χ0v) is 63.4. The minimum atomic E-state index is -0.294. The van der Waals surface area contributed by atoms with Crippen LogP contribution in [-0.2, 0) is 19.0 Å². The summed E-state index contributed by atoms with van der Waals surface area (Å²) < 4.78 is 22.3. The summed E-state index contributed by atoms with van der Waals surface area (Å²) in [5.41, 5.74) is 13.7. The normalized spacial score (nSPS) is 41.4. The SMILES string of the molecule is CN1CCN([C@@H]2CCC3=CC4=CC[C@]5(C)[C@@H](c6ccc7ccncc7c6)CC[C@H]5C45CC[C@]3(C2)O5)CC1.CN1CCN([C@H]2CCC3=CC4=CC[C@]5(C)[C@@H](c6ccc7ccncc7c6)CC[C@H]5C45CC[C@]3(C2)O5)CC1.C[C@]12CC=C3C=C4CCC(=O)C[C@]45CCC3(O5)[C@@H]1CC[C@@H]2c1ccc2ccncc2c1. The molecule has 0 radical (unpaired) electrons. The summed E-state index contributed by atoms with van der Waals surface area (Å²) in [5, 5.41) is 7.63. The van der Waals surface area contributed by atoms with Gasteiger partial charge in [-0.1, -0.05) is 93.6 Å². The van der Waals surface area contributed by atoms with Gasteiger partial charge in [-0.2, -0.15) is 0 Å². The number of benzene rings is 3. The number of hydrogen-bond donors (Lipinski definition) is 0. The minimum Gasteiger partial charge on any atom is -0.359 e. The fraction of sp³-hybridized carbons (Fsp3) is 0.574. The van der Waals surface area contributed by atoms with E-state index in [2.05, 4.69) is 179 Å². The number of ketones is 1. The van der Waals surface area contributed by atoms with E-state index in [0.29, 0.717) is 66.2 Å². The van der Waals surface area contributed by atoms with Crippen LogP contribution < -0.4 is 0 Å². The minimum absolute atomic E-state index is 0.00540. The van der Waals surface area contributed by atoms with Crippen LogP contribution >= 0.6 is 0 Å². The Morgan fingerprint density at radius 2 is 0.752 bits per heavy atom. The number of piperazine rings is 2. The largest absolute Gasteiger partial charge is 0.359 e. The second-order valence-corrected chi connectivity index (χ2v) is 37.8. The van der Waals surface area contributed by atoms with Crippen molar-refractivity contribution in [3.8, 4) is 0 Å². The number of rotatable bonds is 5. The van der Waals surface area contributed by atoms with Crippen molar-refractivity contribution in [2.24, 2.45) is 34.0 Å². The Balaban J connectivity index is 0.000000102. The van der Waals surface area contributed by atoms with Gasteiger partial charge in [0, 0.05) is 131 Å². The van der Waals surface area contributed by atoms with Gasteiger partial charge in [0.1, 0.15) is 5.78 Å². The van der Waals surface area contributed by atoms with Crippen LogP contribution in [0, 0.1) is 34.0 Å². The first-order chi connectivity index (χ1) is 51.0. The number of nitrogens with zero attached hydrogens (tertiary/aromatic N) is 7. The van der Waals surface area contributed by atoms with Gasteiger partial charge in [-0.05, 0) is 310 Å². The maximum absolute atomic E-state index is 12.4. The number of likely N-dealkylation sites (N-methyl/N-ethyl adjacent to an activating group) is 2. The molecular formula is C94H111N7O4. The van der Waals surface area contributed by atoms with Crippen molar-refractivity contribution in [2.45, 2.75) is 238 Å². The first-order valence-electron chi connectivity index (χ1n) is 41.7. The molecule has 23 rings (SSSR count). The summed E-state index contributed by atoms with van der Waals surface area (Å²) in [6, 6.07) is 29.0. The highest BCUT2D eigenvalue weighted by molar-refractivity contribution is 5.85. The zero-order valence-electron chi connectivity index (χ0n) is 63.4. The molecule has 6 bridgehead atoms. The molecule has 3 aromatic carbocycles. The Kier molecular flexibility index (Phi) is 15.5. The van der Waals surface area contributed by atoms with E-state index in [4.69, 9.17) is 14.2 Å². The predicted molar refractivity (Wildman–Crippen MR) is 418 cm³/mol. The van der Waals surface area contributed by atoms with Gasteiger partial charge in [0.15, 0.2) is 0 Å². The lowest BCUT2D eigenvalue weighted by Crippen LogP contribution is -2.57. The van der Waals surface area contributed by atoms with Crippen LogP contribution in [0.25, 0.3) is 32.3 Å². The Hall–Kier alpha value is -6.28. The van der Waals surface area contributed by atoms with Crippen molar-refractivity contribution >= 4 is 38.1 Å². The number of fused-ring (bicyclic) bond motifs is 6. The van der Waals surface area contributed by atoms with E-state index >= 15 is 0 Å². The van der Waals surface area contributed by atoms with Gasteiger partial charge in [0.25, 0.3) is 0 Å². The fourth-order valence-corrected chi connectivity index (χ4v) is 27.6. The maximum Gasteiger partial charge on any atom is 0.136 e. The van der Waals surface area contributed by atoms with E-state index in [1.807, 2.05) is 37.2 Å². The zero-order chi connectivity index (χ0) is 70.5. The van der Waals surface area contributed by atoms with Crippen molar-refractivity contribution in [1.29, 1.82) is 0 Å². The Bertz CT molecular complexity index is 4540. The topological polar surface area (TPSA) is 96.4 Å². The van der Waals surface area contributed by atoms with Crippen molar-refractivity contribution in [1.82, 2.24) is 34.6 Å². The summed E-state index contributed by atoms with van der Waals surface area (Å²) >= 11 is 0. The Labute approximate surface area is 623 Å². The molecule has 6 spiro atoms. The van der Waals surface area contributed by atoms with Crippen LogP contribution in [0.4, 0.5) is 0 Å². The third-order valence-electron chi connectivity index (χ3n) is 33.1. The average Bonchev–Trinajstić information content (AvgIpc) is 1.55. The summed E-state index contributed by atoms with van der Waals surface area (Å²) in [7, 11) is 4.53. The molecule has 11 heteroatoms. The van der Waals surface area contributed by atoms with Crippen LogP contribution in [0.1, 0.15) is 209 Å². The van der Waals surface area contributed by atoms with E-state index < -0.39 is 0 Å². The molecule has 5 saturated heterocycles. The predicted octanol–water partition coefficient (Wildman–Crippen LogP) is 18.2. The highest BCUT2D eigenvalue weighted by Gasteiger charge is 2.70. The number of carbonyl (C=O) groups excluding carboxylic acids is 1. The Morgan fingerprint density at radius 3 is 1.14 bits per heavy atom. The number of allylic oxidation sites excluding steroid dienone is 3. The third kappa shape index (κ3) is 10.1. The molecule has 6 saturated carbocycles. The van der Waals surface area contributed by atoms with Crippen LogP contribution in [0.2, 0.25) is 0 Å². The lowest BCUT2D eigenvalue weighted by atomic mass is 9.58. The van der Waals surface area contributed by atoms with Gasteiger partial charge in [-0.25, -0.2) is 0 Å². The molecule has 11 heterocycles. The van der Waals surface area contributed by atoms with Crippen LogP contribution in [0.15, 0.2) is 180 Å².